The van der Waals surface area contributed by atoms with Crippen LogP contribution in [-0.4, -0.2) is 22.2 Å². The minimum absolute atomic E-state index is 0.151. The van der Waals surface area contributed by atoms with Gasteiger partial charge in [0, 0.05) is 11.8 Å². The molecule has 0 saturated carbocycles. The summed E-state index contributed by atoms with van der Waals surface area (Å²) in [4.78, 5) is 8.30. The normalized spacial score (nSPS) is 10.4. The number of nitrogens with zero attached hydrogens (tertiary/aromatic N) is 2. The van der Waals surface area contributed by atoms with Crippen molar-refractivity contribution in [2.24, 2.45) is 0 Å². The van der Waals surface area contributed by atoms with E-state index in [-0.39, 0.29) is 6.61 Å². The van der Waals surface area contributed by atoms with Gasteiger partial charge in [-0.2, -0.15) is 0 Å². The lowest BCUT2D eigenvalue weighted by atomic mass is 10.00. The minimum atomic E-state index is -0.151. The molecule has 0 unspecified atom stereocenters. The fourth-order valence-electron chi connectivity index (χ4n) is 1.92. The molecule has 1 heterocycles. The highest BCUT2D eigenvalue weighted by Gasteiger charge is 2.10. The lowest BCUT2D eigenvalue weighted by Crippen LogP contribution is -1.98. The van der Waals surface area contributed by atoms with E-state index in [2.05, 4.69) is 9.97 Å². The van der Waals surface area contributed by atoms with Crippen LogP contribution in [0.15, 0.2) is 24.4 Å². The van der Waals surface area contributed by atoms with Crippen LogP contribution in [0.2, 0.25) is 0 Å². The van der Waals surface area contributed by atoms with Crippen molar-refractivity contribution < 1.29 is 9.84 Å². The van der Waals surface area contributed by atoms with Crippen LogP contribution in [0.3, 0.4) is 0 Å². The first-order valence-electron chi connectivity index (χ1n) is 5.74. The van der Waals surface area contributed by atoms with Gasteiger partial charge in [0.25, 0.3) is 0 Å². The number of hydrogen-bond donors (Lipinski definition) is 1. The van der Waals surface area contributed by atoms with Gasteiger partial charge >= 0.3 is 0 Å². The Morgan fingerprint density at radius 3 is 2.61 bits per heavy atom. The highest BCUT2D eigenvalue weighted by molar-refractivity contribution is 5.66. The Morgan fingerprint density at radius 1 is 1.17 bits per heavy atom. The third kappa shape index (κ3) is 2.19. The number of aliphatic hydroxyl groups excluding tert-OH is 1. The summed E-state index contributed by atoms with van der Waals surface area (Å²) in [5, 5.41) is 9.07. The second-order valence-corrected chi connectivity index (χ2v) is 4.08. The molecule has 0 fully saturated rings. The number of aromatic nitrogens is 2. The maximum Gasteiger partial charge on any atom is 0.154 e. The lowest BCUT2D eigenvalue weighted by Gasteiger charge is -2.12. The largest absolute Gasteiger partial charge is 0.496 e. The molecule has 1 aromatic carbocycles. The number of aliphatic hydroxyl groups is 1. The van der Waals surface area contributed by atoms with Crippen molar-refractivity contribution >= 4 is 0 Å². The SMILES string of the molecule is COc1ccc(-c2ccnc(CO)n2)c(C)c1C. The standard InChI is InChI=1S/C14H16N2O2/c1-9-10(2)13(18-3)5-4-11(9)12-6-7-15-14(8-17)16-12/h4-7,17H,8H2,1-3H3. The molecule has 0 aliphatic carbocycles. The zero-order chi connectivity index (χ0) is 13.1. The van der Waals surface area contributed by atoms with Crippen molar-refractivity contribution in [3.63, 3.8) is 0 Å². The van der Waals surface area contributed by atoms with E-state index in [0.29, 0.717) is 5.82 Å². The van der Waals surface area contributed by atoms with E-state index in [1.165, 1.54) is 0 Å². The molecule has 2 rings (SSSR count). The molecule has 0 aliphatic heterocycles. The van der Waals surface area contributed by atoms with Crippen LogP contribution in [0, 0.1) is 13.8 Å². The Balaban J connectivity index is 2.54. The monoisotopic (exact) mass is 244 g/mol. The average Bonchev–Trinajstić information content (AvgIpc) is 2.42. The maximum absolute atomic E-state index is 9.07. The van der Waals surface area contributed by atoms with Gasteiger partial charge in [0.2, 0.25) is 0 Å². The van der Waals surface area contributed by atoms with E-state index in [1.807, 2.05) is 32.0 Å². The van der Waals surface area contributed by atoms with Gasteiger partial charge in [0.1, 0.15) is 12.4 Å². The molecule has 0 atom stereocenters. The van der Waals surface area contributed by atoms with Crippen LogP contribution in [0.25, 0.3) is 11.3 Å². The smallest absolute Gasteiger partial charge is 0.154 e. The predicted octanol–water partition coefficient (Wildman–Crippen LogP) is 2.26. The van der Waals surface area contributed by atoms with Crippen LogP contribution >= 0.6 is 0 Å². The summed E-state index contributed by atoms with van der Waals surface area (Å²) < 4.78 is 5.29. The van der Waals surface area contributed by atoms with Crippen molar-refractivity contribution in [2.75, 3.05) is 7.11 Å². The van der Waals surface area contributed by atoms with Crippen LogP contribution in [0.1, 0.15) is 17.0 Å². The molecule has 0 amide bonds. The number of methoxy groups -OCH3 is 1. The van der Waals surface area contributed by atoms with Crippen molar-refractivity contribution in [3.05, 3.63) is 41.3 Å². The zero-order valence-electron chi connectivity index (χ0n) is 10.8. The van der Waals surface area contributed by atoms with Gasteiger partial charge in [0.05, 0.1) is 12.8 Å². The summed E-state index contributed by atoms with van der Waals surface area (Å²) >= 11 is 0. The first-order valence-corrected chi connectivity index (χ1v) is 5.74. The molecule has 18 heavy (non-hydrogen) atoms. The quantitative estimate of drug-likeness (QED) is 0.899. The first kappa shape index (κ1) is 12.5. The van der Waals surface area contributed by atoms with Crippen LogP contribution in [-0.2, 0) is 6.61 Å². The average molecular weight is 244 g/mol. The highest BCUT2D eigenvalue weighted by Crippen LogP contribution is 2.29. The molecular formula is C14H16N2O2. The summed E-state index contributed by atoms with van der Waals surface area (Å²) in [5.41, 5.74) is 4.07. The molecule has 1 N–H and O–H groups in total. The predicted molar refractivity (Wildman–Crippen MR) is 69.4 cm³/mol. The van der Waals surface area contributed by atoms with Crippen molar-refractivity contribution in [1.82, 2.24) is 9.97 Å². The molecule has 0 spiro atoms. The molecule has 0 aliphatic rings. The van der Waals surface area contributed by atoms with E-state index in [0.717, 1.165) is 28.1 Å². The number of benzene rings is 1. The minimum Gasteiger partial charge on any atom is -0.496 e. The van der Waals surface area contributed by atoms with Gasteiger partial charge in [-0.05, 0) is 43.2 Å². The van der Waals surface area contributed by atoms with Gasteiger partial charge in [0.15, 0.2) is 5.82 Å². The number of rotatable bonds is 3. The zero-order valence-corrected chi connectivity index (χ0v) is 10.8. The molecule has 0 radical (unpaired) electrons. The Bertz CT molecular complexity index is 568. The number of hydrogen-bond acceptors (Lipinski definition) is 4. The third-order valence-electron chi connectivity index (χ3n) is 3.08. The lowest BCUT2D eigenvalue weighted by molar-refractivity contribution is 0.271. The Morgan fingerprint density at radius 2 is 1.94 bits per heavy atom. The van der Waals surface area contributed by atoms with E-state index >= 15 is 0 Å². The van der Waals surface area contributed by atoms with Crippen molar-refractivity contribution in [3.8, 4) is 17.0 Å². The molecule has 1 aromatic heterocycles. The Labute approximate surface area is 106 Å². The van der Waals surface area contributed by atoms with E-state index in [1.54, 1.807) is 13.3 Å². The van der Waals surface area contributed by atoms with E-state index < -0.39 is 0 Å². The molecule has 4 nitrogen and oxygen atoms in total. The van der Waals surface area contributed by atoms with Gasteiger partial charge in [-0.25, -0.2) is 9.97 Å². The second-order valence-electron chi connectivity index (χ2n) is 4.08. The van der Waals surface area contributed by atoms with E-state index in [4.69, 9.17) is 9.84 Å². The fraction of sp³-hybridized carbons (Fsp3) is 0.286. The van der Waals surface area contributed by atoms with E-state index in [9.17, 15) is 0 Å². The second kappa shape index (κ2) is 5.14. The molecule has 4 heteroatoms. The van der Waals surface area contributed by atoms with Gasteiger partial charge < -0.3 is 9.84 Å². The summed E-state index contributed by atoms with van der Waals surface area (Å²) in [6.45, 7) is 3.90. The van der Waals surface area contributed by atoms with Gasteiger partial charge in [-0.3, -0.25) is 0 Å². The Hall–Kier alpha value is -1.94. The Kier molecular flexibility index (Phi) is 3.58. The van der Waals surface area contributed by atoms with Gasteiger partial charge in [-0.1, -0.05) is 0 Å². The maximum atomic E-state index is 9.07. The molecule has 2 aromatic rings. The highest BCUT2D eigenvalue weighted by atomic mass is 16.5. The van der Waals surface area contributed by atoms with Gasteiger partial charge in [-0.15, -0.1) is 0 Å². The number of ether oxygens (including phenoxy) is 1. The third-order valence-corrected chi connectivity index (χ3v) is 3.08. The molecule has 0 saturated heterocycles. The molecule has 94 valence electrons. The summed E-state index contributed by atoms with van der Waals surface area (Å²) in [5.74, 6) is 1.30. The van der Waals surface area contributed by atoms with Crippen molar-refractivity contribution in [1.29, 1.82) is 0 Å². The van der Waals surface area contributed by atoms with Crippen LogP contribution in [0.5, 0.6) is 5.75 Å². The summed E-state index contributed by atoms with van der Waals surface area (Å²) in [6, 6.07) is 5.75. The fourth-order valence-corrected chi connectivity index (χ4v) is 1.92. The molecular weight excluding hydrogens is 228 g/mol. The topological polar surface area (TPSA) is 55.2 Å². The van der Waals surface area contributed by atoms with Crippen LogP contribution in [0.4, 0.5) is 0 Å². The molecule has 0 bridgehead atoms. The summed E-state index contributed by atoms with van der Waals surface area (Å²) in [6.07, 6.45) is 1.66. The first-order chi connectivity index (χ1) is 8.67. The van der Waals surface area contributed by atoms with Crippen molar-refractivity contribution in [2.45, 2.75) is 20.5 Å². The summed E-state index contributed by atoms with van der Waals surface area (Å²) in [7, 11) is 1.66. The van der Waals surface area contributed by atoms with Crippen LogP contribution < -0.4 is 4.74 Å².